The molecule has 0 fully saturated rings. The van der Waals surface area contributed by atoms with Crippen molar-refractivity contribution < 1.29 is 9.59 Å². The van der Waals surface area contributed by atoms with Crippen molar-refractivity contribution in [1.82, 2.24) is 14.6 Å². The number of nitrogens with zero attached hydrogens (tertiary/aromatic N) is 3. The normalized spacial score (nSPS) is 11.0. The molecule has 2 aromatic carbocycles. The maximum Gasteiger partial charge on any atom is 0.234 e. The molecule has 30 heavy (non-hydrogen) atoms. The number of pyridine rings is 1. The first-order valence-electron chi connectivity index (χ1n) is 9.46. The minimum Gasteiger partial charge on any atom is -0.326 e. The molecule has 2 amide bonds. The average molecular weight is 420 g/mol. The molecule has 152 valence electrons. The predicted octanol–water partition coefficient (Wildman–Crippen LogP) is 4.19. The second-order valence-corrected chi connectivity index (χ2v) is 8.07. The number of nitrogens with one attached hydrogen (secondary N) is 2. The minimum absolute atomic E-state index is 0.162. The number of hydrogen-bond donors (Lipinski definition) is 2. The Morgan fingerprint density at radius 1 is 1.00 bits per heavy atom. The molecule has 8 heteroatoms. The van der Waals surface area contributed by atoms with Gasteiger partial charge in [0.2, 0.25) is 11.8 Å². The monoisotopic (exact) mass is 419 g/mol. The highest BCUT2D eigenvalue weighted by molar-refractivity contribution is 7.99. The summed E-state index contributed by atoms with van der Waals surface area (Å²) in [4.78, 5) is 23.7. The van der Waals surface area contributed by atoms with Gasteiger partial charge in [0.15, 0.2) is 10.8 Å². The predicted molar refractivity (Wildman–Crippen MR) is 120 cm³/mol. The Morgan fingerprint density at radius 2 is 1.77 bits per heavy atom. The SMILES string of the molecule is CC(=O)Nc1cccc(NC(=O)CSc2nnc3c(C)cc4cc(C)ccc4n23)c1. The van der Waals surface area contributed by atoms with E-state index in [1.165, 1.54) is 24.2 Å². The lowest BCUT2D eigenvalue weighted by atomic mass is 10.1. The number of anilines is 2. The number of rotatable bonds is 5. The van der Waals surface area contributed by atoms with Gasteiger partial charge in [-0.3, -0.25) is 14.0 Å². The largest absolute Gasteiger partial charge is 0.326 e. The van der Waals surface area contributed by atoms with Crippen molar-refractivity contribution in [2.75, 3.05) is 16.4 Å². The van der Waals surface area contributed by atoms with Crippen molar-refractivity contribution in [3.8, 4) is 0 Å². The summed E-state index contributed by atoms with van der Waals surface area (Å²) in [6.45, 7) is 5.51. The molecule has 7 nitrogen and oxygen atoms in total. The first-order chi connectivity index (χ1) is 14.4. The minimum atomic E-state index is -0.162. The fourth-order valence-electron chi connectivity index (χ4n) is 3.33. The summed E-state index contributed by atoms with van der Waals surface area (Å²) in [5, 5.41) is 16.0. The molecule has 2 aromatic heterocycles. The Bertz CT molecular complexity index is 1280. The highest BCUT2D eigenvalue weighted by Gasteiger charge is 2.14. The van der Waals surface area contributed by atoms with E-state index in [0.717, 1.165) is 22.1 Å². The van der Waals surface area contributed by atoms with Gasteiger partial charge in [-0.25, -0.2) is 0 Å². The Kier molecular flexibility index (Phi) is 5.41. The van der Waals surface area contributed by atoms with Crippen molar-refractivity contribution in [2.45, 2.75) is 25.9 Å². The Morgan fingerprint density at radius 3 is 2.53 bits per heavy atom. The molecular formula is C22H21N5O2S. The van der Waals surface area contributed by atoms with Crippen LogP contribution in [0.25, 0.3) is 16.6 Å². The van der Waals surface area contributed by atoms with E-state index < -0.39 is 0 Å². The van der Waals surface area contributed by atoms with Crippen LogP contribution in [-0.2, 0) is 9.59 Å². The van der Waals surface area contributed by atoms with E-state index in [-0.39, 0.29) is 17.6 Å². The van der Waals surface area contributed by atoms with Crippen LogP contribution in [0.5, 0.6) is 0 Å². The van der Waals surface area contributed by atoms with Crippen LogP contribution in [-0.4, -0.2) is 32.2 Å². The number of hydrogen-bond acceptors (Lipinski definition) is 5. The van der Waals surface area contributed by atoms with Gasteiger partial charge in [0.25, 0.3) is 0 Å². The molecule has 0 radical (unpaired) electrons. The van der Waals surface area contributed by atoms with Gasteiger partial charge in [0, 0.05) is 18.3 Å². The van der Waals surface area contributed by atoms with Crippen molar-refractivity contribution in [1.29, 1.82) is 0 Å². The lowest BCUT2D eigenvalue weighted by molar-refractivity contribution is -0.114. The van der Waals surface area contributed by atoms with Gasteiger partial charge in [-0.05, 0) is 61.2 Å². The van der Waals surface area contributed by atoms with Gasteiger partial charge in [-0.1, -0.05) is 29.5 Å². The van der Waals surface area contributed by atoms with Crippen molar-refractivity contribution >= 4 is 51.5 Å². The van der Waals surface area contributed by atoms with Crippen molar-refractivity contribution in [2.24, 2.45) is 0 Å². The molecule has 2 heterocycles. The molecule has 4 rings (SSSR count). The van der Waals surface area contributed by atoms with E-state index in [0.29, 0.717) is 16.5 Å². The number of amides is 2. The summed E-state index contributed by atoms with van der Waals surface area (Å²) >= 11 is 1.33. The van der Waals surface area contributed by atoms with E-state index >= 15 is 0 Å². The standard InChI is InChI=1S/C22H21N5O2S/c1-13-7-8-19-16(9-13)10-14(2)21-25-26-22(27(19)21)30-12-20(29)24-18-6-4-5-17(11-18)23-15(3)28/h4-11H,12H2,1-3H3,(H,23,28)(H,24,29). The number of thioether (sulfide) groups is 1. The van der Waals surface area contributed by atoms with E-state index in [1.807, 2.05) is 11.3 Å². The Hall–Kier alpha value is -3.39. The molecule has 4 aromatic rings. The zero-order valence-corrected chi connectivity index (χ0v) is 17.7. The van der Waals surface area contributed by atoms with E-state index in [4.69, 9.17) is 0 Å². The van der Waals surface area contributed by atoms with Gasteiger partial charge in [-0.15, -0.1) is 10.2 Å². The van der Waals surface area contributed by atoms with Crippen LogP contribution in [0.4, 0.5) is 11.4 Å². The summed E-state index contributed by atoms with van der Waals surface area (Å²) in [5.74, 6) is -0.137. The van der Waals surface area contributed by atoms with Crippen LogP contribution in [0.15, 0.2) is 53.7 Å². The Labute approximate surface area is 177 Å². The van der Waals surface area contributed by atoms with E-state index in [2.05, 4.69) is 52.0 Å². The molecule has 2 N–H and O–H groups in total. The fraction of sp³-hybridized carbons (Fsp3) is 0.182. The number of aromatic nitrogens is 3. The smallest absolute Gasteiger partial charge is 0.234 e. The molecule has 0 bridgehead atoms. The molecule has 0 saturated heterocycles. The maximum absolute atomic E-state index is 12.5. The summed E-state index contributed by atoms with van der Waals surface area (Å²) in [6.07, 6.45) is 0. The highest BCUT2D eigenvalue weighted by atomic mass is 32.2. The van der Waals surface area contributed by atoms with E-state index in [1.54, 1.807) is 24.3 Å². The lowest BCUT2D eigenvalue weighted by Crippen LogP contribution is -2.14. The first-order valence-corrected chi connectivity index (χ1v) is 10.4. The van der Waals surface area contributed by atoms with Gasteiger partial charge >= 0.3 is 0 Å². The highest BCUT2D eigenvalue weighted by Crippen LogP contribution is 2.26. The molecule has 0 saturated carbocycles. The zero-order chi connectivity index (χ0) is 21.3. The van der Waals surface area contributed by atoms with E-state index in [9.17, 15) is 9.59 Å². The van der Waals surface area contributed by atoms with Crippen molar-refractivity contribution in [3.05, 3.63) is 59.7 Å². The topological polar surface area (TPSA) is 88.4 Å². The van der Waals surface area contributed by atoms with Gasteiger partial charge in [0.05, 0.1) is 11.3 Å². The molecule has 0 atom stereocenters. The third-order valence-corrected chi connectivity index (χ3v) is 5.51. The lowest BCUT2D eigenvalue weighted by Gasteiger charge is -2.09. The number of aryl methyl sites for hydroxylation is 2. The number of fused-ring (bicyclic) bond motifs is 3. The second-order valence-electron chi connectivity index (χ2n) is 7.13. The first kappa shape index (κ1) is 19.9. The summed E-state index contributed by atoms with van der Waals surface area (Å²) < 4.78 is 2.00. The fourth-order valence-corrected chi connectivity index (χ4v) is 4.08. The molecule has 0 spiro atoms. The van der Waals surface area contributed by atoms with Crippen LogP contribution < -0.4 is 10.6 Å². The summed E-state index contributed by atoms with van der Waals surface area (Å²) in [5.41, 5.74) is 5.27. The maximum atomic E-state index is 12.5. The van der Waals surface area contributed by atoms with Crippen LogP contribution in [0, 0.1) is 13.8 Å². The summed E-state index contributed by atoms with van der Waals surface area (Å²) in [6, 6.07) is 15.4. The van der Waals surface area contributed by atoms with Crippen LogP contribution in [0.3, 0.4) is 0 Å². The summed E-state index contributed by atoms with van der Waals surface area (Å²) in [7, 11) is 0. The van der Waals surface area contributed by atoms with Gasteiger partial charge in [-0.2, -0.15) is 0 Å². The molecule has 0 aliphatic carbocycles. The average Bonchev–Trinajstić information content (AvgIpc) is 3.11. The quantitative estimate of drug-likeness (QED) is 0.474. The second kappa shape index (κ2) is 8.16. The molecular weight excluding hydrogens is 398 g/mol. The number of carbonyl (C=O) groups excluding carboxylic acids is 2. The Balaban J connectivity index is 1.53. The third kappa shape index (κ3) is 4.13. The number of carbonyl (C=O) groups is 2. The van der Waals surface area contributed by atoms with Crippen LogP contribution >= 0.6 is 11.8 Å². The molecule has 0 aliphatic heterocycles. The third-order valence-electron chi connectivity index (χ3n) is 4.58. The van der Waals surface area contributed by atoms with Crippen LogP contribution in [0.2, 0.25) is 0 Å². The molecule has 0 unspecified atom stereocenters. The number of benzene rings is 2. The van der Waals surface area contributed by atoms with Gasteiger partial charge in [0.1, 0.15) is 0 Å². The molecule has 0 aliphatic rings. The van der Waals surface area contributed by atoms with Crippen LogP contribution in [0.1, 0.15) is 18.1 Å². The van der Waals surface area contributed by atoms with Gasteiger partial charge < -0.3 is 10.6 Å². The van der Waals surface area contributed by atoms with Crippen molar-refractivity contribution in [3.63, 3.8) is 0 Å². The zero-order valence-electron chi connectivity index (χ0n) is 16.9.